The second kappa shape index (κ2) is 7.06. The van der Waals surface area contributed by atoms with Gasteiger partial charge in [0.2, 0.25) is 0 Å². The van der Waals surface area contributed by atoms with Crippen LogP contribution < -0.4 is 0 Å². The van der Waals surface area contributed by atoms with E-state index in [1.54, 1.807) is 0 Å². The van der Waals surface area contributed by atoms with E-state index in [0.29, 0.717) is 0 Å². The van der Waals surface area contributed by atoms with Gasteiger partial charge in [0.15, 0.2) is 0 Å². The first-order chi connectivity index (χ1) is 8.78. The smallest absolute Gasteiger partial charge is 0.303 e. The second-order valence-corrected chi connectivity index (χ2v) is 6.77. The van der Waals surface area contributed by atoms with Crippen molar-refractivity contribution in [3.05, 3.63) is 34.3 Å². The monoisotopic (exact) mass is 327 g/mol. The molecule has 3 nitrogen and oxygen atoms in total. The Kier molecular flexibility index (Phi) is 6.01. The van der Waals surface area contributed by atoms with Gasteiger partial charge in [-0.05, 0) is 36.6 Å². The van der Waals surface area contributed by atoms with Gasteiger partial charge in [0, 0.05) is 17.6 Å². The zero-order chi connectivity index (χ0) is 14.5. The van der Waals surface area contributed by atoms with E-state index in [2.05, 4.69) is 33.0 Å². The van der Waals surface area contributed by atoms with Crippen molar-refractivity contribution < 1.29 is 9.90 Å². The van der Waals surface area contributed by atoms with E-state index in [1.807, 2.05) is 33.0 Å². The van der Waals surface area contributed by atoms with Crippen LogP contribution in [0, 0.1) is 5.41 Å². The van der Waals surface area contributed by atoms with Crippen molar-refractivity contribution in [2.75, 3.05) is 20.1 Å². The molecular formula is C15H22BrNO2. The summed E-state index contributed by atoms with van der Waals surface area (Å²) in [7, 11) is 2.04. The quantitative estimate of drug-likeness (QED) is 0.834. The third-order valence-corrected chi connectivity index (χ3v) is 3.49. The first kappa shape index (κ1) is 16.2. The van der Waals surface area contributed by atoms with Gasteiger partial charge in [-0.1, -0.05) is 41.9 Å². The molecule has 19 heavy (non-hydrogen) atoms. The van der Waals surface area contributed by atoms with Crippen molar-refractivity contribution in [1.29, 1.82) is 0 Å². The molecule has 0 aliphatic heterocycles. The maximum absolute atomic E-state index is 10.8. The van der Waals surface area contributed by atoms with Crippen molar-refractivity contribution in [1.82, 2.24) is 4.90 Å². The molecule has 106 valence electrons. The van der Waals surface area contributed by atoms with Crippen LogP contribution in [0.15, 0.2) is 28.7 Å². The van der Waals surface area contributed by atoms with Gasteiger partial charge in [-0.2, -0.15) is 0 Å². The Morgan fingerprint density at radius 1 is 1.42 bits per heavy atom. The lowest BCUT2D eigenvalue weighted by Crippen LogP contribution is -2.34. The van der Waals surface area contributed by atoms with Gasteiger partial charge in [0.1, 0.15) is 0 Å². The van der Waals surface area contributed by atoms with E-state index in [-0.39, 0.29) is 11.8 Å². The van der Waals surface area contributed by atoms with E-state index in [1.165, 1.54) is 5.56 Å². The molecule has 4 heteroatoms. The molecule has 1 N–H and O–H groups in total. The lowest BCUT2D eigenvalue weighted by Gasteiger charge is -2.29. The van der Waals surface area contributed by atoms with E-state index in [4.69, 9.17) is 5.11 Å². The van der Waals surface area contributed by atoms with E-state index in [9.17, 15) is 4.79 Å². The Labute approximate surface area is 123 Å². The summed E-state index contributed by atoms with van der Waals surface area (Å²) < 4.78 is 1.10. The molecule has 1 rings (SSSR count). The number of carboxylic acid groups (broad SMARTS) is 1. The van der Waals surface area contributed by atoms with Crippen LogP contribution in [0.5, 0.6) is 0 Å². The lowest BCUT2D eigenvalue weighted by atomic mass is 9.89. The predicted octanol–water partition coefficient (Wildman–Crippen LogP) is 3.42. The zero-order valence-corrected chi connectivity index (χ0v) is 13.4. The number of likely N-dealkylation sites (N-methyl/N-ethyl adjacent to an activating group) is 1. The Morgan fingerprint density at radius 2 is 2.11 bits per heavy atom. The molecule has 0 amide bonds. The van der Waals surface area contributed by atoms with Crippen molar-refractivity contribution >= 4 is 21.9 Å². The fraction of sp³-hybridized carbons (Fsp3) is 0.533. The van der Waals surface area contributed by atoms with Gasteiger partial charge in [-0.3, -0.25) is 4.79 Å². The lowest BCUT2D eigenvalue weighted by molar-refractivity contribution is -0.139. The fourth-order valence-corrected chi connectivity index (χ4v) is 2.73. The average Bonchev–Trinajstić information content (AvgIpc) is 2.24. The number of carboxylic acids is 1. The Bertz CT molecular complexity index is 432. The molecule has 0 saturated carbocycles. The normalized spacial score (nSPS) is 11.8. The number of aliphatic carboxylic acids is 1. The molecule has 0 radical (unpaired) electrons. The molecule has 0 spiro atoms. The first-order valence-corrected chi connectivity index (χ1v) is 7.22. The van der Waals surface area contributed by atoms with Gasteiger partial charge in [0.25, 0.3) is 0 Å². The summed E-state index contributed by atoms with van der Waals surface area (Å²) in [6.45, 7) is 5.71. The summed E-state index contributed by atoms with van der Waals surface area (Å²) in [6.07, 6.45) is 1.17. The number of carbonyl (C=O) groups is 1. The maximum atomic E-state index is 10.8. The highest BCUT2D eigenvalue weighted by Crippen LogP contribution is 2.21. The van der Waals surface area contributed by atoms with Crippen LogP contribution in [0.3, 0.4) is 0 Å². The Hall–Kier alpha value is -0.870. The van der Waals surface area contributed by atoms with Crippen molar-refractivity contribution in [3.8, 4) is 0 Å². The summed E-state index contributed by atoms with van der Waals surface area (Å²) in [5.74, 6) is -0.731. The van der Waals surface area contributed by atoms with Crippen molar-refractivity contribution in [3.63, 3.8) is 0 Å². The van der Waals surface area contributed by atoms with Crippen LogP contribution in [0.4, 0.5) is 0 Å². The highest BCUT2D eigenvalue weighted by atomic mass is 79.9. The maximum Gasteiger partial charge on any atom is 0.303 e. The predicted molar refractivity (Wildman–Crippen MR) is 81.4 cm³/mol. The van der Waals surface area contributed by atoms with Gasteiger partial charge in [0.05, 0.1) is 6.42 Å². The largest absolute Gasteiger partial charge is 0.481 e. The van der Waals surface area contributed by atoms with Crippen LogP contribution in [0.2, 0.25) is 0 Å². The molecule has 0 aliphatic carbocycles. The third kappa shape index (κ3) is 6.73. The SMILES string of the molecule is CN(CCc1cccc(Br)c1)CC(C)(C)CC(=O)O. The van der Waals surface area contributed by atoms with E-state index >= 15 is 0 Å². The second-order valence-electron chi connectivity index (χ2n) is 5.85. The molecule has 1 aromatic rings. The molecular weight excluding hydrogens is 306 g/mol. The van der Waals surface area contributed by atoms with Gasteiger partial charge >= 0.3 is 5.97 Å². The van der Waals surface area contributed by atoms with Crippen LogP contribution in [0.25, 0.3) is 0 Å². The highest BCUT2D eigenvalue weighted by Gasteiger charge is 2.23. The molecule has 0 heterocycles. The van der Waals surface area contributed by atoms with Crippen LogP contribution in [-0.2, 0) is 11.2 Å². The summed E-state index contributed by atoms with van der Waals surface area (Å²) in [6, 6.07) is 8.29. The van der Waals surface area contributed by atoms with Gasteiger partial charge in [-0.15, -0.1) is 0 Å². The van der Waals surface area contributed by atoms with Gasteiger partial charge < -0.3 is 10.0 Å². The first-order valence-electron chi connectivity index (χ1n) is 6.43. The van der Waals surface area contributed by atoms with E-state index in [0.717, 1.165) is 24.0 Å². The summed E-state index contributed by atoms with van der Waals surface area (Å²) in [4.78, 5) is 13.0. The minimum Gasteiger partial charge on any atom is -0.481 e. The molecule has 0 bridgehead atoms. The molecule has 1 aromatic carbocycles. The number of nitrogens with zero attached hydrogens (tertiary/aromatic N) is 1. The van der Waals surface area contributed by atoms with Crippen LogP contribution in [0.1, 0.15) is 25.8 Å². The molecule has 0 fully saturated rings. The summed E-state index contributed by atoms with van der Waals surface area (Å²) >= 11 is 3.47. The number of hydrogen-bond acceptors (Lipinski definition) is 2. The third-order valence-electron chi connectivity index (χ3n) is 3.00. The minimum atomic E-state index is -0.731. The average molecular weight is 328 g/mol. The van der Waals surface area contributed by atoms with Crippen LogP contribution >= 0.6 is 15.9 Å². The number of rotatable bonds is 7. The van der Waals surface area contributed by atoms with E-state index < -0.39 is 5.97 Å². The Morgan fingerprint density at radius 3 is 2.68 bits per heavy atom. The summed E-state index contributed by atoms with van der Waals surface area (Å²) in [5, 5.41) is 8.88. The van der Waals surface area contributed by atoms with Gasteiger partial charge in [-0.25, -0.2) is 0 Å². The van der Waals surface area contributed by atoms with Crippen LogP contribution in [-0.4, -0.2) is 36.1 Å². The highest BCUT2D eigenvalue weighted by molar-refractivity contribution is 9.10. The van der Waals surface area contributed by atoms with Crippen molar-refractivity contribution in [2.24, 2.45) is 5.41 Å². The standard InChI is InChI=1S/C15H22BrNO2/c1-15(2,10-14(18)19)11-17(3)8-7-12-5-4-6-13(16)9-12/h4-6,9H,7-8,10-11H2,1-3H3,(H,18,19). The number of halogens is 1. The van der Waals surface area contributed by atoms with Crippen molar-refractivity contribution in [2.45, 2.75) is 26.7 Å². The molecule has 0 aromatic heterocycles. The number of hydrogen-bond donors (Lipinski definition) is 1. The molecule has 0 aliphatic rings. The minimum absolute atomic E-state index is 0.197. The zero-order valence-electron chi connectivity index (χ0n) is 11.8. The topological polar surface area (TPSA) is 40.5 Å². The molecule has 0 atom stereocenters. The number of benzene rings is 1. The Balaban J connectivity index is 2.43. The fourth-order valence-electron chi connectivity index (χ4n) is 2.29. The molecule has 0 saturated heterocycles. The summed E-state index contributed by atoms with van der Waals surface area (Å²) in [5.41, 5.74) is 1.09. The molecule has 0 unspecified atom stereocenters.